The van der Waals surface area contributed by atoms with Crippen LogP contribution in [0.2, 0.25) is 0 Å². The Kier molecular flexibility index (Phi) is 8.65. The molecular weight excluding hydrogens is 406 g/mol. The van der Waals surface area contributed by atoms with Crippen LogP contribution in [0.5, 0.6) is 17.2 Å². The summed E-state index contributed by atoms with van der Waals surface area (Å²) in [5, 5.41) is 27.5. The van der Waals surface area contributed by atoms with E-state index in [-0.39, 0.29) is 12.4 Å². The molecule has 0 unspecified atom stereocenters. The van der Waals surface area contributed by atoms with Crippen LogP contribution in [0, 0.1) is 25.2 Å². The van der Waals surface area contributed by atoms with Crippen molar-refractivity contribution < 1.29 is 14.9 Å². The van der Waals surface area contributed by atoms with E-state index in [1.54, 1.807) is 12.1 Å². The van der Waals surface area contributed by atoms with Gasteiger partial charge in [0.2, 0.25) is 0 Å². The Hall–Kier alpha value is -2.19. The van der Waals surface area contributed by atoms with E-state index in [2.05, 4.69) is 29.8 Å². The number of nitriles is 1. The van der Waals surface area contributed by atoms with Gasteiger partial charge >= 0.3 is 0 Å². The van der Waals surface area contributed by atoms with Crippen LogP contribution in [0.3, 0.4) is 0 Å². The zero-order valence-electron chi connectivity index (χ0n) is 16.8. The van der Waals surface area contributed by atoms with Gasteiger partial charge in [0.15, 0.2) is 6.61 Å². The van der Waals surface area contributed by atoms with Gasteiger partial charge in [-0.3, -0.25) is 0 Å². The van der Waals surface area contributed by atoms with E-state index in [4.69, 9.17) is 10.00 Å². The van der Waals surface area contributed by atoms with E-state index < -0.39 is 0 Å². The number of phenolic OH excluding ortho intramolecular Hbond substituents is 2. The highest BCUT2D eigenvalue weighted by molar-refractivity contribution is 9.10. The second-order valence-electron chi connectivity index (χ2n) is 7.09. The minimum absolute atomic E-state index is 0.00220. The summed E-state index contributed by atoms with van der Waals surface area (Å²) in [5.41, 5.74) is 4.01. The van der Waals surface area contributed by atoms with Crippen LogP contribution in [0.1, 0.15) is 61.8 Å². The SMILES string of the molecule is Cc1cc(C(C)C)c(O)cc1Br.Cc1cc(C(C)C)c(OCC#N)cc1O. The Balaban J connectivity index is 0.000000277. The topological polar surface area (TPSA) is 73.5 Å². The number of rotatable bonds is 4. The average Bonchev–Trinajstić information content (AvgIpc) is 2.58. The van der Waals surface area contributed by atoms with Crippen molar-refractivity contribution in [2.75, 3.05) is 6.61 Å². The summed E-state index contributed by atoms with van der Waals surface area (Å²) in [5.74, 6) is 1.85. The molecule has 27 heavy (non-hydrogen) atoms. The number of phenols is 2. The van der Waals surface area contributed by atoms with Gasteiger partial charge in [-0.15, -0.1) is 0 Å². The van der Waals surface area contributed by atoms with Gasteiger partial charge in [-0.25, -0.2) is 0 Å². The Labute approximate surface area is 170 Å². The molecule has 146 valence electrons. The maximum Gasteiger partial charge on any atom is 0.174 e. The smallest absolute Gasteiger partial charge is 0.174 e. The van der Waals surface area contributed by atoms with E-state index >= 15 is 0 Å². The van der Waals surface area contributed by atoms with Crippen LogP contribution in [-0.2, 0) is 0 Å². The number of hydrogen-bond donors (Lipinski definition) is 2. The van der Waals surface area contributed by atoms with Crippen LogP contribution < -0.4 is 4.74 Å². The molecule has 5 heteroatoms. The Morgan fingerprint density at radius 1 is 0.926 bits per heavy atom. The third-order valence-electron chi connectivity index (χ3n) is 4.17. The number of aromatic hydroxyl groups is 2. The number of benzene rings is 2. The molecular formula is C22H28BrNO3. The first-order valence-electron chi connectivity index (χ1n) is 8.90. The number of halogens is 1. The highest BCUT2D eigenvalue weighted by Gasteiger charge is 2.11. The Morgan fingerprint density at radius 2 is 1.48 bits per heavy atom. The van der Waals surface area contributed by atoms with Gasteiger partial charge in [0.05, 0.1) is 0 Å². The molecule has 0 spiro atoms. The zero-order valence-corrected chi connectivity index (χ0v) is 18.4. The van der Waals surface area contributed by atoms with E-state index in [9.17, 15) is 10.2 Å². The predicted octanol–water partition coefficient (Wildman–Crippen LogP) is 6.31. The lowest BCUT2D eigenvalue weighted by molar-refractivity contribution is 0.358. The fraction of sp³-hybridized carbons (Fsp3) is 0.409. The van der Waals surface area contributed by atoms with Gasteiger partial charge in [-0.1, -0.05) is 49.7 Å². The van der Waals surface area contributed by atoms with E-state index in [1.165, 1.54) is 0 Å². The van der Waals surface area contributed by atoms with E-state index in [0.29, 0.717) is 23.3 Å². The van der Waals surface area contributed by atoms with Gasteiger partial charge in [0.25, 0.3) is 0 Å². The number of nitrogens with zero attached hydrogens (tertiary/aromatic N) is 1. The maximum atomic E-state index is 9.56. The lowest BCUT2D eigenvalue weighted by atomic mass is 9.99. The lowest BCUT2D eigenvalue weighted by Gasteiger charge is -2.14. The molecule has 2 aromatic rings. The fourth-order valence-corrected chi connectivity index (χ4v) is 2.87. The molecule has 0 fully saturated rings. The second-order valence-corrected chi connectivity index (χ2v) is 7.95. The summed E-state index contributed by atoms with van der Waals surface area (Å²) in [4.78, 5) is 0. The Bertz CT molecular complexity index is 823. The zero-order chi connectivity index (χ0) is 20.7. The summed E-state index contributed by atoms with van der Waals surface area (Å²) < 4.78 is 6.22. The largest absolute Gasteiger partial charge is 0.508 e. The summed E-state index contributed by atoms with van der Waals surface area (Å²) in [6.45, 7) is 12.1. The van der Waals surface area contributed by atoms with Crippen LogP contribution >= 0.6 is 15.9 Å². The van der Waals surface area contributed by atoms with Gasteiger partial charge in [0, 0.05) is 10.5 Å². The standard InChI is InChI=1S/C12H15NO2.C10H13BrO/c1-8(2)10-6-9(3)11(14)7-12(10)15-5-4-13;1-6(2)8-4-7(3)9(11)5-10(8)12/h6-8,14H,5H2,1-3H3;4-6,12H,1-3H3. The molecule has 0 aromatic heterocycles. The van der Waals surface area contributed by atoms with Crippen molar-refractivity contribution in [3.8, 4) is 23.3 Å². The summed E-state index contributed by atoms with van der Waals surface area (Å²) >= 11 is 3.37. The first kappa shape index (κ1) is 22.9. The van der Waals surface area contributed by atoms with Gasteiger partial charge in [-0.2, -0.15) is 5.26 Å². The minimum Gasteiger partial charge on any atom is -0.508 e. The monoisotopic (exact) mass is 433 g/mol. The van der Waals surface area contributed by atoms with E-state index in [0.717, 1.165) is 26.7 Å². The highest BCUT2D eigenvalue weighted by Crippen LogP contribution is 2.33. The molecule has 0 aliphatic carbocycles. The van der Waals surface area contributed by atoms with Crippen molar-refractivity contribution in [1.82, 2.24) is 0 Å². The van der Waals surface area contributed by atoms with Gasteiger partial charge < -0.3 is 14.9 Å². The average molecular weight is 434 g/mol. The fourth-order valence-electron chi connectivity index (χ4n) is 2.54. The first-order chi connectivity index (χ1) is 12.6. The molecule has 2 N–H and O–H groups in total. The molecule has 0 radical (unpaired) electrons. The molecule has 0 amide bonds. The molecule has 2 rings (SSSR count). The quantitative estimate of drug-likeness (QED) is 0.591. The van der Waals surface area contributed by atoms with Gasteiger partial charge in [-0.05, 0) is 60.1 Å². The summed E-state index contributed by atoms with van der Waals surface area (Å²) in [7, 11) is 0. The summed E-state index contributed by atoms with van der Waals surface area (Å²) in [6, 6.07) is 9.15. The molecule has 0 aliphatic heterocycles. The van der Waals surface area contributed by atoms with Crippen molar-refractivity contribution in [3.05, 3.63) is 51.0 Å². The third-order valence-corrected chi connectivity index (χ3v) is 5.03. The van der Waals surface area contributed by atoms with Crippen molar-refractivity contribution in [2.24, 2.45) is 0 Å². The molecule has 2 aromatic carbocycles. The van der Waals surface area contributed by atoms with Gasteiger partial charge in [0.1, 0.15) is 23.3 Å². The van der Waals surface area contributed by atoms with Crippen molar-refractivity contribution in [2.45, 2.75) is 53.4 Å². The van der Waals surface area contributed by atoms with Crippen molar-refractivity contribution in [1.29, 1.82) is 5.26 Å². The van der Waals surface area contributed by atoms with Crippen LogP contribution in [-0.4, -0.2) is 16.8 Å². The normalized spacial score (nSPS) is 10.4. The molecule has 0 saturated heterocycles. The molecule has 0 bridgehead atoms. The number of hydrogen-bond acceptors (Lipinski definition) is 4. The first-order valence-corrected chi connectivity index (χ1v) is 9.70. The Morgan fingerprint density at radius 3 is 2.00 bits per heavy atom. The lowest BCUT2D eigenvalue weighted by Crippen LogP contribution is -2.00. The molecule has 4 nitrogen and oxygen atoms in total. The molecule has 0 heterocycles. The molecule has 0 saturated carbocycles. The molecule has 0 atom stereocenters. The molecule has 0 aliphatic rings. The van der Waals surface area contributed by atoms with Crippen molar-refractivity contribution in [3.63, 3.8) is 0 Å². The second kappa shape index (κ2) is 10.2. The van der Waals surface area contributed by atoms with E-state index in [1.807, 2.05) is 45.9 Å². The predicted molar refractivity (Wildman–Crippen MR) is 113 cm³/mol. The van der Waals surface area contributed by atoms with Crippen molar-refractivity contribution >= 4 is 15.9 Å². The van der Waals surface area contributed by atoms with Crippen LogP contribution in [0.15, 0.2) is 28.7 Å². The van der Waals surface area contributed by atoms with Crippen LogP contribution in [0.25, 0.3) is 0 Å². The third kappa shape index (κ3) is 6.48. The highest BCUT2D eigenvalue weighted by atomic mass is 79.9. The number of aryl methyl sites for hydroxylation is 2. The maximum absolute atomic E-state index is 9.56. The minimum atomic E-state index is 0.00220. The number of ether oxygens (including phenoxy) is 1. The summed E-state index contributed by atoms with van der Waals surface area (Å²) in [6.07, 6.45) is 0. The van der Waals surface area contributed by atoms with Crippen LogP contribution in [0.4, 0.5) is 0 Å².